The molecule has 2 rings (SSSR count). The molecule has 0 unspecified atom stereocenters. The molecule has 11 heteroatoms. The molecule has 146 valence electrons. The van der Waals surface area contributed by atoms with E-state index in [-0.39, 0.29) is 17.3 Å². The normalized spacial score (nSPS) is 11.9. The molecular formula is C16H16F3N3O5. The van der Waals surface area contributed by atoms with Crippen molar-refractivity contribution in [2.24, 2.45) is 0 Å². The zero-order valence-corrected chi connectivity index (χ0v) is 14.6. The van der Waals surface area contributed by atoms with Crippen molar-refractivity contribution in [3.8, 4) is 11.5 Å². The molecule has 0 fully saturated rings. The number of ether oxygens (including phenoxy) is 1. The molecular weight excluding hydrogens is 371 g/mol. The van der Waals surface area contributed by atoms with Crippen LogP contribution in [0.4, 0.5) is 23.8 Å². The first-order valence-electron chi connectivity index (χ1n) is 7.58. The minimum absolute atomic E-state index is 0.142. The Morgan fingerprint density at radius 3 is 2.44 bits per heavy atom. The third-order valence-corrected chi connectivity index (χ3v) is 2.94. The van der Waals surface area contributed by atoms with Gasteiger partial charge in [0.15, 0.2) is 0 Å². The number of carboxylic acids is 1. The number of hydrogen-bond donors (Lipinski definition) is 1. The Morgan fingerprint density at radius 1 is 1.26 bits per heavy atom. The van der Waals surface area contributed by atoms with E-state index in [9.17, 15) is 22.8 Å². The third kappa shape index (κ3) is 5.69. The second-order valence-corrected chi connectivity index (χ2v) is 6.42. The van der Waals surface area contributed by atoms with Crippen molar-refractivity contribution < 1.29 is 37.0 Å². The first-order chi connectivity index (χ1) is 12.4. The Labute approximate surface area is 151 Å². The molecule has 0 aliphatic heterocycles. The van der Waals surface area contributed by atoms with Gasteiger partial charge in [-0.1, -0.05) is 0 Å². The van der Waals surface area contributed by atoms with Gasteiger partial charge in [0.25, 0.3) is 0 Å². The van der Waals surface area contributed by atoms with E-state index < -0.39 is 36.1 Å². The van der Waals surface area contributed by atoms with Crippen LogP contribution in [0.15, 0.2) is 28.9 Å². The van der Waals surface area contributed by atoms with Crippen LogP contribution >= 0.6 is 0 Å². The minimum atomic E-state index is -4.70. The highest BCUT2D eigenvalue weighted by Crippen LogP contribution is 2.27. The van der Waals surface area contributed by atoms with E-state index in [1.165, 1.54) is 26.8 Å². The van der Waals surface area contributed by atoms with Crippen LogP contribution in [0.5, 0.6) is 0 Å². The number of oxazole rings is 1. The molecule has 0 saturated carbocycles. The van der Waals surface area contributed by atoms with Gasteiger partial charge in [0.1, 0.15) is 18.0 Å². The lowest BCUT2D eigenvalue weighted by Crippen LogP contribution is -2.42. The summed E-state index contributed by atoms with van der Waals surface area (Å²) in [5, 5.41) is 8.86. The smallest absolute Gasteiger partial charge is 0.416 e. The van der Waals surface area contributed by atoms with Gasteiger partial charge in [-0.3, -0.25) is 4.90 Å². The fourth-order valence-corrected chi connectivity index (χ4v) is 1.94. The highest BCUT2D eigenvalue weighted by molar-refractivity contribution is 5.87. The number of rotatable bonds is 4. The lowest BCUT2D eigenvalue weighted by Gasteiger charge is -2.27. The largest absolute Gasteiger partial charge is 0.475 e. The van der Waals surface area contributed by atoms with Gasteiger partial charge in [-0.2, -0.15) is 13.2 Å². The van der Waals surface area contributed by atoms with Crippen LogP contribution in [-0.4, -0.2) is 45.5 Å². The van der Waals surface area contributed by atoms with Crippen LogP contribution in [0, 0.1) is 0 Å². The molecule has 0 bridgehead atoms. The number of amides is 1. The lowest BCUT2D eigenvalue weighted by atomic mass is 10.2. The standard InChI is InChI=1S/C16H16F3N3O5/c1-15(2,3)27-14(25)22(8-16(17,18)19)11-6-9(4-5-20-11)12-21-7-10(26-12)13(23)24/h4-7H,8H2,1-3H3,(H,23,24). The zero-order valence-electron chi connectivity index (χ0n) is 14.6. The summed E-state index contributed by atoms with van der Waals surface area (Å²) in [7, 11) is 0. The van der Waals surface area contributed by atoms with Crippen molar-refractivity contribution in [1.29, 1.82) is 0 Å². The van der Waals surface area contributed by atoms with Gasteiger partial charge in [-0.05, 0) is 32.9 Å². The number of alkyl halides is 3. The molecule has 0 aromatic carbocycles. The number of aromatic nitrogens is 2. The highest BCUT2D eigenvalue weighted by atomic mass is 19.4. The molecule has 0 aliphatic rings. The molecule has 1 N–H and O–H groups in total. The van der Waals surface area contributed by atoms with Crippen molar-refractivity contribution in [1.82, 2.24) is 9.97 Å². The van der Waals surface area contributed by atoms with E-state index in [4.69, 9.17) is 14.3 Å². The van der Waals surface area contributed by atoms with Crippen molar-refractivity contribution in [2.45, 2.75) is 32.5 Å². The van der Waals surface area contributed by atoms with Crippen molar-refractivity contribution >= 4 is 17.9 Å². The molecule has 0 saturated heterocycles. The van der Waals surface area contributed by atoms with E-state index in [2.05, 4.69) is 9.97 Å². The molecule has 2 aromatic heterocycles. The SMILES string of the molecule is CC(C)(C)OC(=O)N(CC(F)(F)F)c1cc(-c2ncc(C(=O)O)o2)ccn1. The summed E-state index contributed by atoms with van der Waals surface area (Å²) in [5.41, 5.74) is -0.874. The summed E-state index contributed by atoms with van der Waals surface area (Å²) < 4.78 is 48.8. The van der Waals surface area contributed by atoms with Crippen molar-refractivity contribution in [2.75, 3.05) is 11.4 Å². The number of carboxylic acid groups (broad SMARTS) is 1. The lowest BCUT2D eigenvalue weighted by molar-refractivity contribution is -0.119. The topological polar surface area (TPSA) is 106 Å². The number of carbonyl (C=O) groups excluding carboxylic acids is 1. The third-order valence-electron chi connectivity index (χ3n) is 2.94. The van der Waals surface area contributed by atoms with Crippen LogP contribution in [0.1, 0.15) is 31.3 Å². The van der Waals surface area contributed by atoms with E-state index in [1.54, 1.807) is 0 Å². The van der Waals surface area contributed by atoms with Crippen LogP contribution in [0.3, 0.4) is 0 Å². The average Bonchev–Trinajstić information content (AvgIpc) is 3.00. The van der Waals surface area contributed by atoms with Crippen molar-refractivity contribution in [3.63, 3.8) is 0 Å². The van der Waals surface area contributed by atoms with E-state index in [0.717, 1.165) is 18.5 Å². The summed E-state index contributed by atoms with van der Waals surface area (Å²) in [5.74, 6) is -2.29. The molecule has 0 atom stereocenters. The Hall–Kier alpha value is -3.11. The summed E-state index contributed by atoms with van der Waals surface area (Å²) in [6, 6.07) is 2.47. The van der Waals surface area contributed by atoms with E-state index in [0.29, 0.717) is 4.90 Å². The van der Waals surface area contributed by atoms with E-state index >= 15 is 0 Å². The second kappa shape index (κ2) is 7.25. The first kappa shape index (κ1) is 20.2. The molecule has 1 amide bonds. The number of pyridine rings is 1. The number of aromatic carboxylic acids is 1. The summed E-state index contributed by atoms with van der Waals surface area (Å²) in [4.78, 5) is 30.9. The Bertz CT molecular complexity index is 842. The molecule has 2 aromatic rings. The Morgan fingerprint density at radius 2 is 1.93 bits per heavy atom. The van der Waals surface area contributed by atoms with Gasteiger partial charge in [-0.25, -0.2) is 19.6 Å². The average molecular weight is 387 g/mol. The fraction of sp³-hybridized carbons (Fsp3) is 0.375. The number of nitrogens with zero attached hydrogens (tertiary/aromatic N) is 3. The van der Waals surface area contributed by atoms with Gasteiger partial charge in [0.05, 0.1) is 6.20 Å². The van der Waals surface area contributed by atoms with Gasteiger partial charge in [0, 0.05) is 11.8 Å². The highest BCUT2D eigenvalue weighted by Gasteiger charge is 2.36. The summed E-state index contributed by atoms with van der Waals surface area (Å²) >= 11 is 0. The number of carbonyl (C=O) groups is 2. The monoisotopic (exact) mass is 387 g/mol. The predicted octanol–water partition coefficient (Wildman–Crippen LogP) is 3.74. The maximum Gasteiger partial charge on any atom is 0.416 e. The first-order valence-corrected chi connectivity index (χ1v) is 7.58. The maximum absolute atomic E-state index is 12.9. The van der Waals surface area contributed by atoms with Gasteiger partial charge in [0.2, 0.25) is 11.7 Å². The summed E-state index contributed by atoms with van der Waals surface area (Å²) in [6.07, 6.45) is -3.83. The van der Waals surface area contributed by atoms with Gasteiger partial charge >= 0.3 is 18.2 Å². The predicted molar refractivity (Wildman–Crippen MR) is 86.3 cm³/mol. The Balaban J connectivity index is 2.40. The van der Waals surface area contributed by atoms with Crippen LogP contribution in [0.2, 0.25) is 0 Å². The molecule has 0 spiro atoms. The number of anilines is 1. The zero-order chi connectivity index (χ0) is 20.4. The van der Waals surface area contributed by atoms with E-state index in [1.807, 2.05) is 0 Å². The molecule has 0 radical (unpaired) electrons. The number of halogens is 3. The quantitative estimate of drug-likeness (QED) is 0.852. The number of hydrogen-bond acceptors (Lipinski definition) is 6. The molecule has 8 nitrogen and oxygen atoms in total. The second-order valence-electron chi connectivity index (χ2n) is 6.42. The molecule has 0 aliphatic carbocycles. The molecule has 2 heterocycles. The fourth-order valence-electron chi connectivity index (χ4n) is 1.94. The van der Waals surface area contributed by atoms with Crippen molar-refractivity contribution in [3.05, 3.63) is 30.3 Å². The maximum atomic E-state index is 12.9. The summed E-state index contributed by atoms with van der Waals surface area (Å²) in [6.45, 7) is 2.92. The van der Waals surface area contributed by atoms with Gasteiger partial charge < -0.3 is 14.3 Å². The van der Waals surface area contributed by atoms with Crippen LogP contribution < -0.4 is 4.90 Å². The molecule has 27 heavy (non-hydrogen) atoms. The minimum Gasteiger partial charge on any atom is -0.475 e. The van der Waals surface area contributed by atoms with Crippen LogP contribution in [0.25, 0.3) is 11.5 Å². The van der Waals surface area contributed by atoms with Crippen LogP contribution in [-0.2, 0) is 4.74 Å². The Kier molecular flexibility index (Phi) is 5.43. The van der Waals surface area contributed by atoms with Gasteiger partial charge in [-0.15, -0.1) is 0 Å².